The standard InChI is InChI=1S/C13H15N3/c1-2-8-16-13(14)12-11-6-4-3-5-10(11)7-9-15-12/h3-7,9H,2,8H2,1H3,(H2,14,16). The maximum Gasteiger partial charge on any atom is 0.145 e. The summed E-state index contributed by atoms with van der Waals surface area (Å²) in [5.74, 6) is 0.527. The lowest BCUT2D eigenvalue weighted by Crippen LogP contribution is -2.16. The van der Waals surface area contributed by atoms with Gasteiger partial charge in [-0.1, -0.05) is 31.2 Å². The van der Waals surface area contributed by atoms with Crippen LogP contribution in [-0.4, -0.2) is 17.4 Å². The van der Waals surface area contributed by atoms with E-state index in [0.29, 0.717) is 5.84 Å². The number of nitrogens with two attached hydrogens (primary N) is 1. The van der Waals surface area contributed by atoms with Crippen molar-refractivity contribution in [1.82, 2.24) is 4.98 Å². The Labute approximate surface area is 95.0 Å². The molecule has 1 heterocycles. The molecular formula is C13H15N3. The molecule has 82 valence electrons. The van der Waals surface area contributed by atoms with Crippen molar-refractivity contribution in [2.24, 2.45) is 10.7 Å². The van der Waals surface area contributed by atoms with Gasteiger partial charge in [0, 0.05) is 18.1 Å². The van der Waals surface area contributed by atoms with Crippen LogP contribution in [0.5, 0.6) is 0 Å². The fourth-order valence-corrected chi connectivity index (χ4v) is 1.63. The highest BCUT2D eigenvalue weighted by atomic mass is 14.9. The van der Waals surface area contributed by atoms with E-state index in [1.807, 2.05) is 30.3 Å². The Balaban J connectivity index is 2.52. The van der Waals surface area contributed by atoms with Crippen LogP contribution in [0, 0.1) is 0 Å². The van der Waals surface area contributed by atoms with Gasteiger partial charge in [-0.15, -0.1) is 0 Å². The molecule has 0 unspecified atom stereocenters. The minimum Gasteiger partial charge on any atom is -0.382 e. The van der Waals surface area contributed by atoms with Crippen molar-refractivity contribution < 1.29 is 0 Å². The molecular weight excluding hydrogens is 198 g/mol. The first-order chi connectivity index (χ1) is 7.83. The van der Waals surface area contributed by atoms with E-state index < -0.39 is 0 Å². The van der Waals surface area contributed by atoms with Gasteiger partial charge in [0.1, 0.15) is 11.5 Å². The first-order valence-electron chi connectivity index (χ1n) is 5.47. The van der Waals surface area contributed by atoms with E-state index >= 15 is 0 Å². The van der Waals surface area contributed by atoms with E-state index in [-0.39, 0.29) is 0 Å². The number of hydrogen-bond acceptors (Lipinski definition) is 2. The van der Waals surface area contributed by atoms with Gasteiger partial charge in [0.25, 0.3) is 0 Å². The van der Waals surface area contributed by atoms with Crippen LogP contribution in [-0.2, 0) is 0 Å². The highest BCUT2D eigenvalue weighted by molar-refractivity contribution is 6.07. The molecule has 0 aliphatic heterocycles. The van der Waals surface area contributed by atoms with Crippen molar-refractivity contribution in [3.05, 3.63) is 42.2 Å². The first kappa shape index (κ1) is 10.6. The molecule has 0 atom stereocenters. The fraction of sp³-hybridized carbons (Fsp3) is 0.231. The van der Waals surface area contributed by atoms with Crippen LogP contribution in [0.1, 0.15) is 19.0 Å². The summed E-state index contributed by atoms with van der Waals surface area (Å²) in [5, 5.41) is 2.20. The zero-order valence-corrected chi connectivity index (χ0v) is 9.35. The number of benzene rings is 1. The van der Waals surface area contributed by atoms with Gasteiger partial charge >= 0.3 is 0 Å². The number of amidine groups is 1. The zero-order valence-electron chi connectivity index (χ0n) is 9.35. The van der Waals surface area contributed by atoms with E-state index in [9.17, 15) is 0 Å². The summed E-state index contributed by atoms with van der Waals surface area (Å²) < 4.78 is 0. The number of aliphatic imine (C=N–C) groups is 1. The first-order valence-corrected chi connectivity index (χ1v) is 5.47. The smallest absolute Gasteiger partial charge is 0.145 e. The van der Waals surface area contributed by atoms with Crippen molar-refractivity contribution in [2.45, 2.75) is 13.3 Å². The Hall–Kier alpha value is -1.90. The van der Waals surface area contributed by atoms with Gasteiger partial charge in [-0.2, -0.15) is 0 Å². The van der Waals surface area contributed by atoms with E-state index in [1.165, 1.54) is 0 Å². The van der Waals surface area contributed by atoms with Gasteiger partial charge in [0.05, 0.1) is 0 Å². The van der Waals surface area contributed by atoms with E-state index in [0.717, 1.165) is 29.4 Å². The Kier molecular flexibility index (Phi) is 3.15. The van der Waals surface area contributed by atoms with Crippen LogP contribution in [0.25, 0.3) is 10.8 Å². The summed E-state index contributed by atoms with van der Waals surface area (Å²) in [4.78, 5) is 8.60. The number of rotatable bonds is 3. The summed E-state index contributed by atoms with van der Waals surface area (Å²) in [5.41, 5.74) is 6.72. The predicted octanol–water partition coefficient (Wildman–Crippen LogP) is 2.35. The lowest BCUT2D eigenvalue weighted by molar-refractivity contribution is 0.929. The quantitative estimate of drug-likeness (QED) is 0.628. The van der Waals surface area contributed by atoms with Crippen molar-refractivity contribution >= 4 is 16.6 Å². The second-order valence-corrected chi connectivity index (χ2v) is 3.65. The molecule has 1 aromatic heterocycles. The van der Waals surface area contributed by atoms with Gasteiger partial charge in [-0.3, -0.25) is 9.98 Å². The largest absolute Gasteiger partial charge is 0.382 e. The molecule has 0 radical (unpaired) electrons. The van der Waals surface area contributed by atoms with Gasteiger partial charge in [0.2, 0.25) is 0 Å². The minimum atomic E-state index is 0.527. The van der Waals surface area contributed by atoms with Crippen LogP contribution >= 0.6 is 0 Å². The Morgan fingerprint density at radius 2 is 2.12 bits per heavy atom. The second kappa shape index (κ2) is 4.75. The Bertz CT molecular complexity index is 512. The molecule has 3 nitrogen and oxygen atoms in total. The maximum atomic E-state index is 5.93. The minimum absolute atomic E-state index is 0.527. The fourth-order valence-electron chi connectivity index (χ4n) is 1.63. The van der Waals surface area contributed by atoms with Gasteiger partial charge in [0.15, 0.2) is 0 Å². The summed E-state index contributed by atoms with van der Waals surface area (Å²) >= 11 is 0. The third-order valence-corrected chi connectivity index (χ3v) is 2.42. The van der Waals surface area contributed by atoms with Crippen LogP contribution < -0.4 is 5.73 Å². The van der Waals surface area contributed by atoms with Crippen LogP contribution in [0.2, 0.25) is 0 Å². The van der Waals surface area contributed by atoms with Crippen LogP contribution in [0.3, 0.4) is 0 Å². The van der Waals surface area contributed by atoms with Crippen LogP contribution in [0.15, 0.2) is 41.5 Å². The molecule has 0 spiro atoms. The van der Waals surface area contributed by atoms with Crippen molar-refractivity contribution in [3.8, 4) is 0 Å². The van der Waals surface area contributed by atoms with Gasteiger partial charge < -0.3 is 5.73 Å². The SMILES string of the molecule is CCCN=C(N)c1nccc2ccccc12. The normalized spacial score (nSPS) is 11.9. The molecule has 0 amide bonds. The molecule has 3 heteroatoms. The topological polar surface area (TPSA) is 51.3 Å². The summed E-state index contributed by atoms with van der Waals surface area (Å²) in [6.07, 6.45) is 2.76. The molecule has 0 saturated carbocycles. The molecule has 0 aliphatic carbocycles. The van der Waals surface area contributed by atoms with Crippen molar-refractivity contribution in [2.75, 3.05) is 6.54 Å². The molecule has 2 N–H and O–H groups in total. The highest BCUT2D eigenvalue weighted by Crippen LogP contribution is 2.15. The highest BCUT2D eigenvalue weighted by Gasteiger charge is 2.04. The van der Waals surface area contributed by atoms with Gasteiger partial charge in [-0.25, -0.2) is 0 Å². The average Bonchev–Trinajstić information content (AvgIpc) is 2.35. The van der Waals surface area contributed by atoms with E-state index in [4.69, 9.17) is 5.73 Å². The number of pyridine rings is 1. The van der Waals surface area contributed by atoms with Crippen LogP contribution in [0.4, 0.5) is 0 Å². The predicted molar refractivity (Wildman–Crippen MR) is 67.6 cm³/mol. The van der Waals surface area contributed by atoms with Crippen molar-refractivity contribution in [1.29, 1.82) is 0 Å². The van der Waals surface area contributed by atoms with E-state index in [2.05, 4.69) is 16.9 Å². The molecule has 0 aliphatic rings. The average molecular weight is 213 g/mol. The lowest BCUT2D eigenvalue weighted by atomic mass is 10.1. The zero-order chi connectivity index (χ0) is 11.4. The van der Waals surface area contributed by atoms with Crippen molar-refractivity contribution in [3.63, 3.8) is 0 Å². The third kappa shape index (κ3) is 2.03. The molecule has 0 saturated heterocycles. The summed E-state index contributed by atoms with van der Waals surface area (Å²) in [6, 6.07) is 10.0. The molecule has 2 rings (SSSR count). The molecule has 0 fully saturated rings. The maximum absolute atomic E-state index is 5.93. The molecule has 0 bridgehead atoms. The molecule has 2 aromatic rings. The molecule has 1 aromatic carbocycles. The van der Waals surface area contributed by atoms with E-state index in [1.54, 1.807) is 6.20 Å². The number of aromatic nitrogens is 1. The number of fused-ring (bicyclic) bond motifs is 1. The Morgan fingerprint density at radius 3 is 2.94 bits per heavy atom. The molecule has 16 heavy (non-hydrogen) atoms. The second-order valence-electron chi connectivity index (χ2n) is 3.65. The Morgan fingerprint density at radius 1 is 1.31 bits per heavy atom. The van der Waals surface area contributed by atoms with Gasteiger partial charge in [-0.05, 0) is 17.9 Å². The monoisotopic (exact) mass is 213 g/mol. The number of hydrogen-bond donors (Lipinski definition) is 1. The third-order valence-electron chi connectivity index (χ3n) is 2.42. The number of nitrogens with zero attached hydrogens (tertiary/aromatic N) is 2. The lowest BCUT2D eigenvalue weighted by Gasteiger charge is -2.04. The summed E-state index contributed by atoms with van der Waals surface area (Å²) in [6.45, 7) is 2.82. The summed E-state index contributed by atoms with van der Waals surface area (Å²) in [7, 11) is 0.